The maximum absolute atomic E-state index is 11.5. The second-order valence-electron chi connectivity index (χ2n) is 17.5. The van der Waals surface area contributed by atoms with Gasteiger partial charge in [-0.15, -0.1) is 0 Å². The third-order valence-corrected chi connectivity index (χ3v) is 15.7. The van der Waals surface area contributed by atoms with Crippen molar-refractivity contribution < 1.29 is 28.5 Å². The Balaban J connectivity index is 0.996. The molecule has 0 aromatic rings. The van der Waals surface area contributed by atoms with Crippen molar-refractivity contribution in [3.05, 3.63) is 0 Å². The summed E-state index contributed by atoms with van der Waals surface area (Å²) in [5.74, 6) is 2.53. The minimum atomic E-state index is -0.199. The molecule has 8 rings (SSSR count). The van der Waals surface area contributed by atoms with Crippen LogP contribution < -0.4 is 0 Å². The number of fused-ring (bicyclic) bond motifs is 4. The van der Waals surface area contributed by atoms with E-state index in [1.54, 1.807) is 0 Å². The Kier molecular flexibility index (Phi) is 6.82. The van der Waals surface area contributed by atoms with Crippen molar-refractivity contribution >= 4 is 5.97 Å². The summed E-state index contributed by atoms with van der Waals surface area (Å²) in [6.45, 7) is 19.1. The first-order valence-electron chi connectivity index (χ1n) is 17.8. The summed E-state index contributed by atoms with van der Waals surface area (Å²) in [6, 6.07) is 0.546. The Morgan fingerprint density at radius 1 is 0.977 bits per heavy atom. The number of carbonyl (C=O) groups is 1. The first-order valence-corrected chi connectivity index (χ1v) is 17.8. The van der Waals surface area contributed by atoms with Crippen molar-refractivity contribution in [3.63, 3.8) is 0 Å². The first-order chi connectivity index (χ1) is 20.4. The number of ether oxygens (including phenoxy) is 5. The van der Waals surface area contributed by atoms with Crippen molar-refractivity contribution in [2.24, 2.45) is 50.7 Å². The van der Waals surface area contributed by atoms with Crippen LogP contribution in [0.15, 0.2) is 0 Å². The molecule has 0 radical (unpaired) electrons. The van der Waals surface area contributed by atoms with E-state index in [-0.39, 0.29) is 29.9 Å². The zero-order chi connectivity index (χ0) is 30.0. The highest BCUT2D eigenvalue weighted by Gasteiger charge is 2.83. The number of morpholine rings is 1. The smallest absolute Gasteiger partial charge is 0.302 e. The van der Waals surface area contributed by atoms with Gasteiger partial charge in [-0.2, -0.15) is 0 Å². The molecule has 7 nitrogen and oxygen atoms in total. The molecule has 0 aromatic carbocycles. The van der Waals surface area contributed by atoms with Gasteiger partial charge in [0.15, 0.2) is 6.29 Å². The topological polar surface area (TPSA) is 66.5 Å². The van der Waals surface area contributed by atoms with Gasteiger partial charge in [-0.25, -0.2) is 0 Å². The van der Waals surface area contributed by atoms with Gasteiger partial charge in [-0.1, -0.05) is 34.6 Å². The van der Waals surface area contributed by atoms with Crippen LogP contribution in [0, 0.1) is 50.7 Å². The number of nitrogens with zero attached hydrogens (tertiary/aromatic N) is 1. The Labute approximate surface area is 259 Å². The van der Waals surface area contributed by atoms with Crippen LogP contribution in [0.25, 0.3) is 0 Å². The normalized spacial score (nSPS) is 53.8. The summed E-state index contributed by atoms with van der Waals surface area (Å²) in [7, 11) is 0. The van der Waals surface area contributed by atoms with Gasteiger partial charge in [0.25, 0.3) is 0 Å². The number of rotatable bonds is 5. The van der Waals surface area contributed by atoms with E-state index >= 15 is 0 Å². The minimum Gasteiger partial charge on any atom is -0.463 e. The van der Waals surface area contributed by atoms with E-state index in [2.05, 4.69) is 39.5 Å². The molecule has 0 aromatic heterocycles. The molecule has 12 atom stereocenters. The summed E-state index contributed by atoms with van der Waals surface area (Å²) in [5, 5.41) is 0. The number of hydrogen-bond acceptors (Lipinski definition) is 7. The largest absolute Gasteiger partial charge is 0.463 e. The van der Waals surface area contributed by atoms with Crippen LogP contribution in [0.3, 0.4) is 0 Å². The van der Waals surface area contributed by atoms with Crippen LogP contribution in [0.5, 0.6) is 0 Å². The molecule has 3 saturated heterocycles. The lowest BCUT2D eigenvalue weighted by atomic mass is 9.41. The van der Waals surface area contributed by atoms with Crippen molar-refractivity contribution in [2.75, 3.05) is 39.5 Å². The molecule has 8 aliphatic rings. The van der Waals surface area contributed by atoms with Gasteiger partial charge in [0.05, 0.1) is 50.7 Å². The zero-order valence-corrected chi connectivity index (χ0v) is 27.7. The molecule has 7 heteroatoms. The predicted octanol–water partition coefficient (Wildman–Crippen LogP) is 5.83. The predicted molar refractivity (Wildman–Crippen MR) is 162 cm³/mol. The van der Waals surface area contributed by atoms with Crippen molar-refractivity contribution in [1.82, 2.24) is 4.90 Å². The van der Waals surface area contributed by atoms with Crippen LogP contribution >= 0.6 is 0 Å². The van der Waals surface area contributed by atoms with E-state index in [1.807, 2.05) is 0 Å². The molecule has 43 heavy (non-hydrogen) atoms. The van der Waals surface area contributed by atoms with Gasteiger partial charge in [0.1, 0.15) is 6.61 Å². The summed E-state index contributed by atoms with van der Waals surface area (Å²) in [5.41, 5.74) is 1.78. The molecule has 3 aliphatic heterocycles. The number of hydrogen-bond donors (Lipinski definition) is 0. The monoisotopic (exact) mass is 599 g/mol. The lowest BCUT2D eigenvalue weighted by Crippen LogP contribution is -2.59. The highest BCUT2D eigenvalue weighted by molar-refractivity contribution is 5.65. The maximum Gasteiger partial charge on any atom is 0.302 e. The lowest BCUT2D eigenvalue weighted by molar-refractivity contribution is -0.255. The second-order valence-corrected chi connectivity index (χ2v) is 17.5. The van der Waals surface area contributed by atoms with Gasteiger partial charge in [0.2, 0.25) is 0 Å². The molecular formula is C36H57NO6. The van der Waals surface area contributed by atoms with Gasteiger partial charge in [-0.3, -0.25) is 9.69 Å². The average molecular weight is 600 g/mol. The second kappa shape index (κ2) is 9.89. The van der Waals surface area contributed by atoms with Crippen LogP contribution in [-0.4, -0.2) is 81.0 Å². The van der Waals surface area contributed by atoms with Crippen molar-refractivity contribution in [2.45, 2.75) is 130 Å². The molecule has 5 saturated carbocycles. The highest BCUT2D eigenvalue weighted by atomic mass is 16.7. The van der Waals surface area contributed by atoms with Crippen molar-refractivity contribution in [3.8, 4) is 0 Å². The van der Waals surface area contributed by atoms with E-state index in [4.69, 9.17) is 23.7 Å². The van der Waals surface area contributed by atoms with Gasteiger partial charge < -0.3 is 23.7 Å². The highest BCUT2D eigenvalue weighted by Crippen LogP contribution is 2.89. The molecule has 2 spiro atoms. The first kappa shape index (κ1) is 29.7. The van der Waals surface area contributed by atoms with Crippen LogP contribution in [0.2, 0.25) is 0 Å². The van der Waals surface area contributed by atoms with E-state index in [1.165, 1.54) is 58.3 Å². The molecule has 242 valence electrons. The molecule has 3 heterocycles. The molecule has 10 unspecified atom stereocenters. The van der Waals surface area contributed by atoms with E-state index < -0.39 is 0 Å². The van der Waals surface area contributed by atoms with Gasteiger partial charge in [-0.05, 0) is 109 Å². The standard InChI is InChI=1S/C36H57NO6/c1-22-15-25(20-41-23(2)38)42-26-16-34(6)28-8-7-27-32(3,4)29(43-30-17-37(13-14-40-30)24-18-39-19-24)9-10-35(27)21-36(28,35)12-11-33(34,5)31(22)26/h22,24-31H,7-21H2,1-6H3/t22-,25?,26?,27?,28?,29?,30?,31?,33?,34+,35?,36?/m1/s1. The lowest BCUT2D eigenvalue weighted by Gasteiger charge is -2.63. The van der Waals surface area contributed by atoms with Crippen LogP contribution in [0.1, 0.15) is 99.3 Å². The molecule has 0 N–H and O–H groups in total. The Bertz CT molecular complexity index is 1130. The summed E-state index contributed by atoms with van der Waals surface area (Å²) < 4.78 is 30.8. The maximum atomic E-state index is 11.5. The third-order valence-electron chi connectivity index (χ3n) is 15.7. The van der Waals surface area contributed by atoms with Crippen LogP contribution in [-0.2, 0) is 28.5 Å². The molecule has 0 bridgehead atoms. The zero-order valence-electron chi connectivity index (χ0n) is 27.7. The fourth-order valence-electron chi connectivity index (χ4n) is 13.6. The average Bonchev–Trinajstić information content (AvgIpc) is 3.51. The summed E-state index contributed by atoms with van der Waals surface area (Å²) >= 11 is 0. The van der Waals surface area contributed by atoms with E-state index in [9.17, 15) is 4.79 Å². The Morgan fingerprint density at radius 3 is 2.49 bits per heavy atom. The summed E-state index contributed by atoms with van der Waals surface area (Å²) in [6.07, 6.45) is 12.0. The quantitative estimate of drug-likeness (QED) is 0.368. The SMILES string of the molecule is CC(=O)OCC1C[C@@H](C)C2C(C[C@@]3(C)C4CCC5C(C)(C)C(OC6CN(C7COC7)CCO6)CCC56CC46CCC23C)O1. The molecule has 0 amide bonds. The van der Waals surface area contributed by atoms with E-state index in [0.29, 0.717) is 52.2 Å². The summed E-state index contributed by atoms with van der Waals surface area (Å²) in [4.78, 5) is 14.1. The number of esters is 1. The fraction of sp³-hybridized carbons (Fsp3) is 0.972. The van der Waals surface area contributed by atoms with Gasteiger partial charge >= 0.3 is 5.97 Å². The molecule has 8 fully saturated rings. The van der Waals surface area contributed by atoms with Gasteiger partial charge in [0, 0.05) is 13.5 Å². The van der Waals surface area contributed by atoms with E-state index in [0.717, 1.165) is 51.2 Å². The molecule has 5 aliphatic carbocycles. The minimum absolute atomic E-state index is 0.0443. The third kappa shape index (κ3) is 4.06. The fourth-order valence-corrected chi connectivity index (χ4v) is 13.6. The van der Waals surface area contributed by atoms with Crippen LogP contribution in [0.4, 0.5) is 0 Å². The van der Waals surface area contributed by atoms with Crippen molar-refractivity contribution in [1.29, 1.82) is 0 Å². The molecular weight excluding hydrogens is 542 g/mol. The Morgan fingerprint density at radius 2 is 1.74 bits per heavy atom. The Hall–Kier alpha value is -0.730. The number of carbonyl (C=O) groups excluding carboxylic acids is 1.